The number of sulfonamides is 1. The third-order valence-electron chi connectivity index (χ3n) is 4.03. The van der Waals surface area contributed by atoms with Crippen molar-refractivity contribution in [2.24, 2.45) is 0 Å². The van der Waals surface area contributed by atoms with Gasteiger partial charge >= 0.3 is 0 Å². The average Bonchev–Trinajstić information content (AvgIpc) is 3.24. The average molecular weight is 407 g/mol. The van der Waals surface area contributed by atoms with E-state index in [1.165, 1.54) is 12.1 Å². The maximum absolute atomic E-state index is 12.3. The smallest absolute Gasteiger partial charge is 0.242 e. The number of hydrogen-bond acceptors (Lipinski definition) is 6. The van der Waals surface area contributed by atoms with Crippen molar-refractivity contribution in [2.45, 2.75) is 11.4 Å². The molecular formula is C21H17N3O4S. The van der Waals surface area contributed by atoms with Crippen molar-refractivity contribution < 1.29 is 17.7 Å². The summed E-state index contributed by atoms with van der Waals surface area (Å²) in [5.41, 5.74) is 0.728. The summed E-state index contributed by atoms with van der Waals surface area (Å²) >= 11 is 0. The van der Waals surface area contributed by atoms with Gasteiger partial charge in [-0.3, -0.25) is 0 Å². The SMILES string of the molecule is O=S(=O)(NCc1nc(-c2ccc(Oc3ccccc3)cc2)no1)c1ccccc1. The van der Waals surface area contributed by atoms with Crippen LogP contribution in [0.1, 0.15) is 5.89 Å². The van der Waals surface area contributed by atoms with E-state index >= 15 is 0 Å². The number of benzene rings is 3. The van der Waals surface area contributed by atoms with Crippen LogP contribution in [0.4, 0.5) is 0 Å². The molecule has 4 aromatic rings. The maximum Gasteiger partial charge on any atom is 0.242 e. The van der Waals surface area contributed by atoms with Crippen molar-refractivity contribution in [3.63, 3.8) is 0 Å². The number of hydrogen-bond donors (Lipinski definition) is 1. The third kappa shape index (κ3) is 4.68. The van der Waals surface area contributed by atoms with Crippen LogP contribution in [-0.4, -0.2) is 18.6 Å². The van der Waals surface area contributed by atoms with Gasteiger partial charge in [0.15, 0.2) is 0 Å². The second-order valence-corrected chi connectivity index (χ2v) is 7.86. The zero-order valence-electron chi connectivity index (χ0n) is 15.2. The summed E-state index contributed by atoms with van der Waals surface area (Å²) in [5.74, 6) is 1.96. The minimum absolute atomic E-state index is 0.0978. The molecule has 0 saturated heterocycles. The Balaban J connectivity index is 1.41. The van der Waals surface area contributed by atoms with Gasteiger partial charge < -0.3 is 9.26 Å². The van der Waals surface area contributed by atoms with Crippen molar-refractivity contribution in [3.05, 3.63) is 90.8 Å². The predicted octanol–water partition coefficient (Wildman–Crippen LogP) is 4.01. The molecular weight excluding hydrogens is 390 g/mol. The fraction of sp³-hybridized carbons (Fsp3) is 0.0476. The molecule has 0 radical (unpaired) electrons. The highest BCUT2D eigenvalue weighted by Crippen LogP contribution is 2.24. The predicted molar refractivity (Wildman–Crippen MR) is 107 cm³/mol. The van der Waals surface area contributed by atoms with Gasteiger partial charge in [-0.2, -0.15) is 4.98 Å². The standard InChI is InChI=1S/C21H17N3O4S/c25-29(26,19-9-5-2-6-10-19)22-15-20-23-21(24-28-20)16-11-13-18(14-12-16)27-17-7-3-1-4-8-17/h1-14,22H,15H2. The Hall–Kier alpha value is -3.49. The van der Waals surface area contributed by atoms with Crippen molar-refractivity contribution in [3.8, 4) is 22.9 Å². The first-order valence-electron chi connectivity index (χ1n) is 8.81. The largest absolute Gasteiger partial charge is 0.457 e. The van der Waals surface area contributed by atoms with Crippen LogP contribution in [0, 0.1) is 0 Å². The highest BCUT2D eigenvalue weighted by atomic mass is 32.2. The molecule has 1 aromatic heterocycles. The summed E-state index contributed by atoms with van der Waals surface area (Å²) in [4.78, 5) is 4.42. The summed E-state index contributed by atoms with van der Waals surface area (Å²) < 4.78 is 37.9. The lowest BCUT2D eigenvalue weighted by Gasteiger charge is -2.05. The zero-order chi connectivity index (χ0) is 20.1. The number of para-hydroxylation sites is 1. The molecule has 0 bridgehead atoms. The molecule has 8 heteroatoms. The fourth-order valence-corrected chi connectivity index (χ4v) is 3.58. The van der Waals surface area contributed by atoms with Gasteiger partial charge in [-0.25, -0.2) is 13.1 Å². The molecule has 1 heterocycles. The highest BCUT2D eigenvalue weighted by molar-refractivity contribution is 7.89. The maximum atomic E-state index is 12.3. The number of rotatable bonds is 7. The normalized spacial score (nSPS) is 11.3. The molecule has 0 spiro atoms. The molecule has 1 N–H and O–H groups in total. The van der Waals surface area contributed by atoms with Gasteiger partial charge in [-0.15, -0.1) is 0 Å². The number of nitrogens with one attached hydrogen (secondary N) is 1. The highest BCUT2D eigenvalue weighted by Gasteiger charge is 2.16. The van der Waals surface area contributed by atoms with E-state index < -0.39 is 10.0 Å². The molecule has 0 unspecified atom stereocenters. The van der Waals surface area contributed by atoms with Crippen LogP contribution in [0.2, 0.25) is 0 Å². The van der Waals surface area contributed by atoms with Crippen LogP contribution in [0.25, 0.3) is 11.4 Å². The molecule has 0 atom stereocenters. The van der Waals surface area contributed by atoms with Gasteiger partial charge in [-0.1, -0.05) is 41.6 Å². The first kappa shape index (κ1) is 18.9. The van der Waals surface area contributed by atoms with Crippen LogP contribution in [-0.2, 0) is 16.6 Å². The first-order valence-corrected chi connectivity index (χ1v) is 10.3. The Morgan fingerprint density at radius 1 is 0.828 bits per heavy atom. The number of aromatic nitrogens is 2. The summed E-state index contributed by atoms with van der Waals surface area (Å²) in [6.45, 7) is -0.0978. The molecule has 0 aliphatic heterocycles. The van der Waals surface area contributed by atoms with E-state index in [0.29, 0.717) is 11.6 Å². The van der Waals surface area contributed by atoms with Gasteiger partial charge in [0.05, 0.1) is 11.4 Å². The van der Waals surface area contributed by atoms with E-state index in [1.807, 2.05) is 30.3 Å². The molecule has 0 aliphatic carbocycles. The minimum Gasteiger partial charge on any atom is -0.457 e. The topological polar surface area (TPSA) is 94.3 Å². The van der Waals surface area contributed by atoms with Crippen LogP contribution < -0.4 is 9.46 Å². The Bertz CT molecular complexity index is 1180. The summed E-state index contributed by atoms with van der Waals surface area (Å²) in [6, 6.07) is 24.8. The molecule has 0 saturated carbocycles. The lowest BCUT2D eigenvalue weighted by molar-refractivity contribution is 0.376. The van der Waals surface area contributed by atoms with Crippen LogP contribution in [0.15, 0.2) is 94.3 Å². The molecule has 0 aliphatic rings. The van der Waals surface area contributed by atoms with Crippen molar-refractivity contribution in [1.29, 1.82) is 0 Å². The number of ether oxygens (including phenoxy) is 1. The zero-order valence-corrected chi connectivity index (χ0v) is 16.0. The van der Waals surface area contributed by atoms with E-state index in [4.69, 9.17) is 9.26 Å². The van der Waals surface area contributed by atoms with Gasteiger partial charge in [0, 0.05) is 5.56 Å². The third-order valence-corrected chi connectivity index (χ3v) is 5.44. The van der Waals surface area contributed by atoms with E-state index in [-0.39, 0.29) is 17.3 Å². The Morgan fingerprint density at radius 3 is 2.14 bits per heavy atom. The summed E-state index contributed by atoms with van der Waals surface area (Å²) in [6.07, 6.45) is 0. The monoisotopic (exact) mass is 407 g/mol. The molecule has 29 heavy (non-hydrogen) atoms. The quantitative estimate of drug-likeness (QED) is 0.497. The molecule has 146 valence electrons. The van der Waals surface area contributed by atoms with E-state index in [0.717, 1.165) is 11.3 Å². The van der Waals surface area contributed by atoms with Crippen molar-refractivity contribution >= 4 is 10.0 Å². The van der Waals surface area contributed by atoms with Crippen LogP contribution in [0.3, 0.4) is 0 Å². The second kappa shape index (κ2) is 8.26. The molecule has 0 amide bonds. The minimum atomic E-state index is -3.64. The Labute approximate surface area is 168 Å². The lowest BCUT2D eigenvalue weighted by Crippen LogP contribution is -2.23. The molecule has 3 aromatic carbocycles. The van der Waals surface area contributed by atoms with Crippen molar-refractivity contribution in [1.82, 2.24) is 14.9 Å². The van der Waals surface area contributed by atoms with E-state index in [1.54, 1.807) is 42.5 Å². The van der Waals surface area contributed by atoms with Gasteiger partial charge in [-0.05, 0) is 48.5 Å². The number of nitrogens with zero attached hydrogens (tertiary/aromatic N) is 2. The second-order valence-electron chi connectivity index (χ2n) is 6.09. The van der Waals surface area contributed by atoms with Crippen LogP contribution in [0.5, 0.6) is 11.5 Å². The van der Waals surface area contributed by atoms with Gasteiger partial charge in [0.1, 0.15) is 11.5 Å². The molecule has 0 fully saturated rings. The summed E-state index contributed by atoms with van der Waals surface area (Å²) in [5, 5.41) is 3.91. The van der Waals surface area contributed by atoms with Gasteiger partial charge in [0.25, 0.3) is 0 Å². The van der Waals surface area contributed by atoms with Crippen molar-refractivity contribution in [2.75, 3.05) is 0 Å². The van der Waals surface area contributed by atoms with Gasteiger partial charge in [0.2, 0.25) is 21.7 Å². The summed E-state index contributed by atoms with van der Waals surface area (Å²) in [7, 11) is -3.64. The molecule has 7 nitrogen and oxygen atoms in total. The molecule has 4 rings (SSSR count). The first-order chi connectivity index (χ1) is 14.1. The Kier molecular flexibility index (Phi) is 5.37. The van der Waals surface area contributed by atoms with E-state index in [9.17, 15) is 8.42 Å². The van der Waals surface area contributed by atoms with Crippen LogP contribution >= 0.6 is 0 Å². The fourth-order valence-electron chi connectivity index (χ4n) is 2.58. The van der Waals surface area contributed by atoms with E-state index in [2.05, 4.69) is 14.9 Å². The Morgan fingerprint density at radius 2 is 1.45 bits per heavy atom. The lowest BCUT2D eigenvalue weighted by atomic mass is 10.2.